The normalized spacial score (nSPS) is 20.0. The predicted molar refractivity (Wildman–Crippen MR) is 80.8 cm³/mol. The van der Waals surface area contributed by atoms with Crippen LogP contribution in [0.2, 0.25) is 0 Å². The SMILES string of the molecule is Fc1cccc(C2CCCN2Cc2ccc(Br)s2)c1. The molecule has 2 aromatic rings. The van der Waals surface area contributed by atoms with E-state index in [4.69, 9.17) is 0 Å². The van der Waals surface area contributed by atoms with Crippen LogP contribution in [-0.4, -0.2) is 11.4 Å². The van der Waals surface area contributed by atoms with Gasteiger partial charge in [0.05, 0.1) is 3.79 Å². The second-order valence-electron chi connectivity index (χ2n) is 4.89. The van der Waals surface area contributed by atoms with Crippen LogP contribution in [0.3, 0.4) is 0 Å². The van der Waals surface area contributed by atoms with Crippen molar-refractivity contribution < 1.29 is 4.39 Å². The van der Waals surface area contributed by atoms with Crippen molar-refractivity contribution in [2.24, 2.45) is 0 Å². The highest BCUT2D eigenvalue weighted by molar-refractivity contribution is 9.11. The summed E-state index contributed by atoms with van der Waals surface area (Å²) in [5.74, 6) is -0.136. The second kappa shape index (κ2) is 5.73. The van der Waals surface area contributed by atoms with Gasteiger partial charge in [-0.15, -0.1) is 11.3 Å². The number of nitrogens with zero attached hydrogens (tertiary/aromatic N) is 1. The number of likely N-dealkylation sites (tertiary alicyclic amines) is 1. The summed E-state index contributed by atoms with van der Waals surface area (Å²) < 4.78 is 14.5. The van der Waals surface area contributed by atoms with Crippen LogP contribution in [-0.2, 0) is 6.54 Å². The molecule has 1 aliphatic rings. The van der Waals surface area contributed by atoms with Gasteiger partial charge in [-0.1, -0.05) is 12.1 Å². The van der Waals surface area contributed by atoms with Crippen LogP contribution in [0.25, 0.3) is 0 Å². The summed E-state index contributed by atoms with van der Waals surface area (Å²) in [4.78, 5) is 3.81. The summed E-state index contributed by atoms with van der Waals surface area (Å²) in [5.41, 5.74) is 1.10. The van der Waals surface area contributed by atoms with Gasteiger partial charge in [-0.25, -0.2) is 4.39 Å². The van der Waals surface area contributed by atoms with Crippen LogP contribution in [0.1, 0.15) is 29.3 Å². The average Bonchev–Trinajstić information content (AvgIpc) is 2.99. The van der Waals surface area contributed by atoms with Crippen LogP contribution in [0.5, 0.6) is 0 Å². The lowest BCUT2D eigenvalue weighted by atomic mass is 10.0. The molecule has 4 heteroatoms. The molecule has 1 aliphatic heterocycles. The number of benzene rings is 1. The monoisotopic (exact) mass is 339 g/mol. The van der Waals surface area contributed by atoms with E-state index < -0.39 is 0 Å². The minimum absolute atomic E-state index is 0.136. The van der Waals surface area contributed by atoms with Gasteiger partial charge in [0.15, 0.2) is 0 Å². The Hall–Kier alpha value is -0.710. The van der Waals surface area contributed by atoms with Gasteiger partial charge in [-0.3, -0.25) is 4.90 Å². The zero-order valence-corrected chi connectivity index (χ0v) is 12.9. The Kier molecular flexibility index (Phi) is 4.01. The van der Waals surface area contributed by atoms with E-state index >= 15 is 0 Å². The molecule has 100 valence electrons. The molecule has 0 spiro atoms. The van der Waals surface area contributed by atoms with Gasteiger partial charge >= 0.3 is 0 Å². The molecular weight excluding hydrogens is 325 g/mol. The van der Waals surface area contributed by atoms with Gasteiger partial charge in [0.1, 0.15) is 5.82 Å². The first-order valence-electron chi connectivity index (χ1n) is 6.46. The number of halogens is 2. The zero-order chi connectivity index (χ0) is 13.2. The lowest BCUT2D eigenvalue weighted by Crippen LogP contribution is -2.22. The van der Waals surface area contributed by atoms with Crippen LogP contribution in [0, 0.1) is 5.82 Å². The Morgan fingerprint density at radius 1 is 1.32 bits per heavy atom. The standard InChI is InChI=1S/C15H15BrFNS/c16-15-7-6-13(19-15)10-18-8-2-5-14(18)11-3-1-4-12(17)9-11/h1,3-4,6-7,9,14H,2,5,8,10H2. The summed E-state index contributed by atoms with van der Waals surface area (Å²) in [6.07, 6.45) is 2.31. The molecule has 0 bridgehead atoms. The molecule has 3 rings (SSSR count). The van der Waals surface area contributed by atoms with E-state index in [0.717, 1.165) is 25.1 Å². The second-order valence-corrected chi connectivity index (χ2v) is 7.44. The Morgan fingerprint density at radius 2 is 2.21 bits per heavy atom. The zero-order valence-electron chi connectivity index (χ0n) is 10.5. The van der Waals surface area contributed by atoms with Crippen LogP contribution < -0.4 is 0 Å². The first kappa shape index (κ1) is 13.3. The Bertz CT molecular complexity index is 569. The molecule has 1 aromatic heterocycles. The molecule has 1 aromatic carbocycles. The maximum absolute atomic E-state index is 13.4. The first-order valence-corrected chi connectivity index (χ1v) is 8.07. The smallest absolute Gasteiger partial charge is 0.123 e. The molecule has 0 aliphatic carbocycles. The summed E-state index contributed by atoms with van der Waals surface area (Å²) >= 11 is 5.28. The largest absolute Gasteiger partial charge is 0.291 e. The number of thiophene rings is 1. The van der Waals surface area contributed by atoms with Crippen molar-refractivity contribution in [1.29, 1.82) is 0 Å². The molecule has 2 heterocycles. The number of hydrogen-bond donors (Lipinski definition) is 0. The van der Waals surface area contributed by atoms with Gasteiger partial charge in [0.2, 0.25) is 0 Å². The van der Waals surface area contributed by atoms with Crippen molar-refractivity contribution in [1.82, 2.24) is 4.90 Å². The minimum atomic E-state index is -0.136. The number of hydrogen-bond acceptors (Lipinski definition) is 2. The molecular formula is C15H15BrFNS. The van der Waals surface area contributed by atoms with E-state index in [1.54, 1.807) is 17.4 Å². The molecule has 1 atom stereocenters. The van der Waals surface area contributed by atoms with Crippen molar-refractivity contribution in [3.8, 4) is 0 Å². The third-order valence-corrected chi connectivity index (χ3v) is 5.19. The van der Waals surface area contributed by atoms with Crippen molar-refractivity contribution in [3.05, 3.63) is 56.4 Å². The van der Waals surface area contributed by atoms with E-state index in [9.17, 15) is 4.39 Å². The Morgan fingerprint density at radius 3 is 2.95 bits per heavy atom. The van der Waals surface area contributed by atoms with Crippen molar-refractivity contribution in [2.75, 3.05) is 6.54 Å². The molecule has 19 heavy (non-hydrogen) atoms. The molecule has 0 saturated carbocycles. The lowest BCUT2D eigenvalue weighted by molar-refractivity contribution is 0.250. The fourth-order valence-electron chi connectivity index (χ4n) is 2.74. The molecule has 1 saturated heterocycles. The molecule has 1 nitrogen and oxygen atoms in total. The van der Waals surface area contributed by atoms with Gasteiger partial charge < -0.3 is 0 Å². The first-order chi connectivity index (χ1) is 9.22. The van der Waals surface area contributed by atoms with E-state index in [0.29, 0.717) is 6.04 Å². The van der Waals surface area contributed by atoms with E-state index in [1.807, 2.05) is 12.1 Å². The van der Waals surface area contributed by atoms with Crippen molar-refractivity contribution in [2.45, 2.75) is 25.4 Å². The fraction of sp³-hybridized carbons (Fsp3) is 0.333. The van der Waals surface area contributed by atoms with Crippen molar-refractivity contribution in [3.63, 3.8) is 0 Å². The Balaban J connectivity index is 1.78. The maximum atomic E-state index is 13.4. The number of rotatable bonds is 3. The molecule has 0 N–H and O–H groups in total. The van der Waals surface area contributed by atoms with E-state index in [-0.39, 0.29) is 5.82 Å². The van der Waals surface area contributed by atoms with Gasteiger partial charge in [0.25, 0.3) is 0 Å². The molecule has 1 fully saturated rings. The summed E-state index contributed by atoms with van der Waals surface area (Å²) in [5, 5.41) is 0. The predicted octanol–water partition coefficient (Wildman–Crippen LogP) is 4.99. The highest BCUT2D eigenvalue weighted by Gasteiger charge is 2.26. The molecule has 1 unspecified atom stereocenters. The molecule has 0 amide bonds. The molecule has 0 radical (unpaired) electrons. The minimum Gasteiger partial charge on any atom is -0.291 e. The van der Waals surface area contributed by atoms with Crippen LogP contribution >= 0.6 is 27.3 Å². The van der Waals surface area contributed by atoms with Crippen molar-refractivity contribution >= 4 is 27.3 Å². The van der Waals surface area contributed by atoms with E-state index in [2.05, 4.69) is 33.0 Å². The van der Waals surface area contributed by atoms with Crippen LogP contribution in [0.15, 0.2) is 40.2 Å². The van der Waals surface area contributed by atoms with Crippen LogP contribution in [0.4, 0.5) is 4.39 Å². The summed E-state index contributed by atoms with van der Waals surface area (Å²) in [7, 11) is 0. The summed E-state index contributed by atoms with van der Waals surface area (Å²) in [6.45, 7) is 2.05. The Labute approximate surface area is 125 Å². The topological polar surface area (TPSA) is 3.24 Å². The third kappa shape index (κ3) is 3.07. The third-order valence-electron chi connectivity index (χ3n) is 3.58. The van der Waals surface area contributed by atoms with Gasteiger partial charge in [0, 0.05) is 17.5 Å². The quantitative estimate of drug-likeness (QED) is 0.761. The highest BCUT2D eigenvalue weighted by Crippen LogP contribution is 2.34. The highest BCUT2D eigenvalue weighted by atomic mass is 79.9. The fourth-order valence-corrected chi connectivity index (χ4v) is 4.25. The van der Waals surface area contributed by atoms with Gasteiger partial charge in [-0.05, 0) is 65.1 Å². The van der Waals surface area contributed by atoms with E-state index in [1.165, 1.54) is 21.2 Å². The lowest BCUT2D eigenvalue weighted by Gasteiger charge is -2.24. The van der Waals surface area contributed by atoms with Gasteiger partial charge in [-0.2, -0.15) is 0 Å². The maximum Gasteiger partial charge on any atom is 0.123 e. The average molecular weight is 340 g/mol. The summed E-state index contributed by atoms with van der Waals surface area (Å²) in [6, 6.07) is 11.6.